The lowest BCUT2D eigenvalue weighted by Gasteiger charge is -2.27. The number of hydrogen-bond donors (Lipinski definition) is 6. The SMILES string of the molecule is NCCCNCCCCNCCCNC(=C1CCC1)C(N)Cc1c[nH]c2ccccc12. The van der Waals surface area contributed by atoms with Crippen LogP contribution in [0.4, 0.5) is 0 Å². The predicted octanol–water partition coefficient (Wildman–Crippen LogP) is 2.76. The summed E-state index contributed by atoms with van der Waals surface area (Å²) in [4.78, 5) is 3.37. The van der Waals surface area contributed by atoms with E-state index in [0.717, 1.165) is 58.5 Å². The first kappa shape index (κ1) is 23.8. The minimum Gasteiger partial charge on any atom is -0.387 e. The monoisotopic (exact) mass is 426 g/mol. The molecule has 1 fully saturated rings. The van der Waals surface area contributed by atoms with Crippen LogP contribution in [0.2, 0.25) is 0 Å². The number of para-hydroxylation sites is 1. The summed E-state index contributed by atoms with van der Waals surface area (Å²) >= 11 is 0. The van der Waals surface area contributed by atoms with Crippen LogP contribution in [0, 0.1) is 0 Å². The van der Waals surface area contributed by atoms with E-state index in [9.17, 15) is 0 Å². The summed E-state index contributed by atoms with van der Waals surface area (Å²) in [5.74, 6) is 0. The largest absolute Gasteiger partial charge is 0.387 e. The van der Waals surface area contributed by atoms with E-state index >= 15 is 0 Å². The number of hydrogen-bond acceptors (Lipinski definition) is 5. The summed E-state index contributed by atoms with van der Waals surface area (Å²) in [6.45, 7) is 6.02. The molecule has 1 saturated carbocycles. The van der Waals surface area contributed by atoms with E-state index in [1.165, 1.54) is 59.8 Å². The number of H-pyrrole nitrogens is 1. The molecule has 1 aliphatic rings. The fourth-order valence-electron chi connectivity index (χ4n) is 4.19. The van der Waals surface area contributed by atoms with E-state index in [2.05, 4.69) is 51.4 Å². The van der Waals surface area contributed by atoms with Gasteiger partial charge in [0.25, 0.3) is 0 Å². The Bertz CT molecular complexity index is 790. The van der Waals surface area contributed by atoms with Gasteiger partial charge in [0.1, 0.15) is 0 Å². The molecule has 0 radical (unpaired) electrons. The van der Waals surface area contributed by atoms with Crippen molar-refractivity contribution in [2.24, 2.45) is 11.5 Å². The van der Waals surface area contributed by atoms with Crippen LogP contribution in [0.5, 0.6) is 0 Å². The molecule has 0 aliphatic heterocycles. The van der Waals surface area contributed by atoms with Gasteiger partial charge in [-0.2, -0.15) is 0 Å². The average molecular weight is 427 g/mol. The minimum absolute atomic E-state index is 0.0363. The molecule has 0 bridgehead atoms. The minimum atomic E-state index is 0.0363. The number of rotatable bonds is 16. The van der Waals surface area contributed by atoms with Gasteiger partial charge in [-0.3, -0.25) is 0 Å². The first-order valence-corrected chi connectivity index (χ1v) is 12.2. The molecule has 1 unspecified atom stereocenters. The van der Waals surface area contributed by atoms with Crippen molar-refractivity contribution in [3.8, 4) is 0 Å². The summed E-state index contributed by atoms with van der Waals surface area (Å²) in [6.07, 6.45) is 11.3. The molecule has 0 spiro atoms. The van der Waals surface area contributed by atoms with E-state index < -0.39 is 0 Å². The Morgan fingerprint density at radius 1 is 0.935 bits per heavy atom. The highest BCUT2D eigenvalue weighted by Crippen LogP contribution is 2.30. The first-order valence-electron chi connectivity index (χ1n) is 12.2. The number of nitrogens with one attached hydrogen (secondary N) is 4. The fourth-order valence-corrected chi connectivity index (χ4v) is 4.19. The second kappa shape index (κ2) is 13.5. The summed E-state index contributed by atoms with van der Waals surface area (Å²) in [5.41, 5.74) is 17.5. The Balaban J connectivity index is 1.34. The first-order chi connectivity index (χ1) is 15.3. The van der Waals surface area contributed by atoms with Crippen molar-refractivity contribution < 1.29 is 0 Å². The van der Waals surface area contributed by atoms with Gasteiger partial charge in [0, 0.05) is 35.4 Å². The van der Waals surface area contributed by atoms with Crippen LogP contribution in [-0.2, 0) is 6.42 Å². The standard InChI is InChI=1S/C25H42N6/c26-12-6-15-28-13-3-4-14-29-16-7-17-30-25(20-8-5-9-20)23(27)18-21-19-31-24-11-2-1-10-22(21)24/h1-2,10-11,19,23,28-31H,3-9,12-18,26-27H2. The Morgan fingerprint density at radius 3 is 2.35 bits per heavy atom. The third-order valence-electron chi connectivity index (χ3n) is 6.18. The van der Waals surface area contributed by atoms with E-state index in [-0.39, 0.29) is 6.04 Å². The summed E-state index contributed by atoms with van der Waals surface area (Å²) in [5, 5.41) is 12.0. The number of unbranched alkanes of at least 4 members (excludes halogenated alkanes) is 1. The number of nitrogens with two attached hydrogens (primary N) is 2. The summed E-state index contributed by atoms with van der Waals surface area (Å²) in [7, 11) is 0. The number of aromatic amines is 1. The zero-order valence-electron chi connectivity index (χ0n) is 19.0. The lowest BCUT2D eigenvalue weighted by Crippen LogP contribution is -2.36. The molecule has 1 aromatic heterocycles. The van der Waals surface area contributed by atoms with Gasteiger partial charge in [0.05, 0.1) is 0 Å². The van der Waals surface area contributed by atoms with Crippen molar-refractivity contribution in [2.45, 2.75) is 57.4 Å². The van der Waals surface area contributed by atoms with Crippen molar-refractivity contribution in [3.05, 3.63) is 47.3 Å². The Labute approximate surface area is 187 Å². The highest BCUT2D eigenvalue weighted by molar-refractivity contribution is 5.83. The molecule has 0 amide bonds. The normalized spacial score (nSPS) is 14.6. The van der Waals surface area contributed by atoms with Gasteiger partial charge in [-0.25, -0.2) is 0 Å². The summed E-state index contributed by atoms with van der Waals surface area (Å²) in [6, 6.07) is 8.51. The average Bonchev–Trinajstić information content (AvgIpc) is 3.15. The Kier molecular flexibility index (Phi) is 10.4. The molecule has 172 valence electrons. The van der Waals surface area contributed by atoms with Crippen LogP contribution in [0.1, 0.15) is 50.5 Å². The number of aromatic nitrogens is 1. The van der Waals surface area contributed by atoms with Crippen molar-refractivity contribution >= 4 is 10.9 Å². The lowest BCUT2D eigenvalue weighted by molar-refractivity contribution is 0.547. The summed E-state index contributed by atoms with van der Waals surface area (Å²) < 4.78 is 0. The highest BCUT2D eigenvalue weighted by Gasteiger charge is 2.20. The molecule has 1 heterocycles. The van der Waals surface area contributed by atoms with Crippen molar-refractivity contribution in [1.82, 2.24) is 20.9 Å². The number of benzene rings is 1. The second-order valence-electron chi connectivity index (χ2n) is 8.67. The maximum Gasteiger partial charge on any atom is 0.0485 e. The van der Waals surface area contributed by atoms with Crippen LogP contribution >= 0.6 is 0 Å². The van der Waals surface area contributed by atoms with Crippen LogP contribution in [0.25, 0.3) is 10.9 Å². The zero-order chi connectivity index (χ0) is 21.7. The van der Waals surface area contributed by atoms with Gasteiger partial charge < -0.3 is 32.4 Å². The third kappa shape index (κ3) is 7.65. The van der Waals surface area contributed by atoms with Crippen LogP contribution in [-0.4, -0.2) is 50.3 Å². The molecule has 6 heteroatoms. The van der Waals surface area contributed by atoms with Gasteiger partial charge in [-0.1, -0.05) is 18.2 Å². The fraction of sp³-hybridized carbons (Fsp3) is 0.600. The molecule has 31 heavy (non-hydrogen) atoms. The molecule has 2 aromatic rings. The van der Waals surface area contributed by atoms with Crippen LogP contribution < -0.4 is 27.4 Å². The van der Waals surface area contributed by atoms with Gasteiger partial charge in [-0.15, -0.1) is 0 Å². The van der Waals surface area contributed by atoms with Gasteiger partial charge in [0.2, 0.25) is 0 Å². The molecule has 0 saturated heterocycles. The van der Waals surface area contributed by atoms with Crippen molar-refractivity contribution in [2.75, 3.05) is 39.3 Å². The number of fused-ring (bicyclic) bond motifs is 1. The maximum atomic E-state index is 6.69. The maximum absolute atomic E-state index is 6.69. The Hall–Kier alpha value is -1.86. The predicted molar refractivity (Wildman–Crippen MR) is 132 cm³/mol. The zero-order valence-corrected chi connectivity index (χ0v) is 19.0. The molecule has 8 N–H and O–H groups in total. The van der Waals surface area contributed by atoms with E-state index in [1.807, 2.05) is 0 Å². The third-order valence-corrected chi connectivity index (χ3v) is 6.18. The van der Waals surface area contributed by atoms with E-state index in [1.54, 1.807) is 0 Å². The van der Waals surface area contributed by atoms with Crippen LogP contribution in [0.3, 0.4) is 0 Å². The molecule has 1 atom stereocenters. The molecule has 1 aliphatic carbocycles. The van der Waals surface area contributed by atoms with Gasteiger partial charge in [-0.05, 0) is 101 Å². The van der Waals surface area contributed by atoms with Crippen LogP contribution in [0.15, 0.2) is 41.7 Å². The van der Waals surface area contributed by atoms with Gasteiger partial charge in [0.15, 0.2) is 0 Å². The topological polar surface area (TPSA) is 104 Å². The smallest absolute Gasteiger partial charge is 0.0485 e. The van der Waals surface area contributed by atoms with Gasteiger partial charge >= 0.3 is 0 Å². The Morgan fingerprint density at radius 2 is 1.65 bits per heavy atom. The molecular weight excluding hydrogens is 384 g/mol. The molecule has 6 nitrogen and oxygen atoms in total. The van der Waals surface area contributed by atoms with Crippen molar-refractivity contribution in [3.63, 3.8) is 0 Å². The molecule has 1 aromatic carbocycles. The highest BCUT2D eigenvalue weighted by atomic mass is 14.9. The second-order valence-corrected chi connectivity index (χ2v) is 8.67. The van der Waals surface area contributed by atoms with Crippen molar-refractivity contribution in [1.29, 1.82) is 0 Å². The number of allylic oxidation sites excluding steroid dienone is 1. The van der Waals surface area contributed by atoms with E-state index in [0.29, 0.717) is 0 Å². The molecular formula is C25H42N6. The quantitative estimate of drug-likeness (QED) is 0.232. The van der Waals surface area contributed by atoms with E-state index in [4.69, 9.17) is 11.5 Å². The lowest BCUT2D eigenvalue weighted by atomic mass is 9.87. The molecule has 3 rings (SSSR count).